The molecule has 0 heterocycles. The molecule has 0 atom stereocenters. The number of phenols is 1. The summed E-state index contributed by atoms with van der Waals surface area (Å²) >= 11 is 0. The van der Waals surface area contributed by atoms with Gasteiger partial charge in [-0.15, -0.1) is 6.58 Å². The Balaban J connectivity index is 3.17. The highest BCUT2D eigenvalue weighted by Crippen LogP contribution is 2.40. The van der Waals surface area contributed by atoms with E-state index in [1.807, 2.05) is 12.1 Å². The molecule has 0 spiro atoms. The Bertz CT molecular complexity index is 402. The first-order valence-electron chi connectivity index (χ1n) is 7.56. The molecule has 1 aromatic rings. The van der Waals surface area contributed by atoms with Gasteiger partial charge in [-0.25, -0.2) is 0 Å². The van der Waals surface area contributed by atoms with Crippen LogP contribution in [0.25, 0.3) is 0 Å². The third kappa shape index (κ3) is 3.62. The highest BCUT2D eigenvalue weighted by Gasteiger charge is 2.29. The van der Waals surface area contributed by atoms with Gasteiger partial charge in [-0.05, 0) is 43.7 Å². The first-order chi connectivity index (χ1) is 9.13. The fraction of sp³-hybridized carbons (Fsp3) is 0.556. The van der Waals surface area contributed by atoms with Gasteiger partial charge in [0, 0.05) is 11.0 Å². The molecular formula is C18H28O. The van der Waals surface area contributed by atoms with Gasteiger partial charge >= 0.3 is 0 Å². The van der Waals surface area contributed by atoms with Crippen molar-refractivity contribution in [1.29, 1.82) is 0 Å². The van der Waals surface area contributed by atoms with Gasteiger partial charge in [0.05, 0.1) is 0 Å². The maximum atomic E-state index is 10.3. The second-order valence-corrected chi connectivity index (χ2v) is 5.44. The summed E-state index contributed by atoms with van der Waals surface area (Å²) in [5.41, 5.74) is 2.48. The molecule has 19 heavy (non-hydrogen) atoms. The molecule has 1 heteroatoms. The Kier molecular flexibility index (Phi) is 6.14. The molecule has 0 radical (unpaired) electrons. The van der Waals surface area contributed by atoms with Crippen LogP contribution in [0.1, 0.15) is 64.0 Å². The fourth-order valence-corrected chi connectivity index (χ4v) is 2.85. The van der Waals surface area contributed by atoms with Crippen LogP contribution < -0.4 is 0 Å². The van der Waals surface area contributed by atoms with E-state index in [0.717, 1.165) is 31.2 Å². The number of rotatable bonds is 8. The zero-order chi connectivity index (χ0) is 14.3. The summed E-state index contributed by atoms with van der Waals surface area (Å²) in [7, 11) is 0. The number of aromatic hydroxyl groups is 1. The molecule has 1 rings (SSSR count). The van der Waals surface area contributed by atoms with Crippen molar-refractivity contribution in [2.45, 2.75) is 64.7 Å². The van der Waals surface area contributed by atoms with Crippen molar-refractivity contribution in [1.82, 2.24) is 0 Å². The Morgan fingerprint density at radius 2 is 1.89 bits per heavy atom. The van der Waals surface area contributed by atoms with Crippen molar-refractivity contribution in [2.75, 3.05) is 0 Å². The molecule has 0 saturated heterocycles. The number of unbranched alkanes of at least 4 members (excludes halogenated alkanes) is 1. The van der Waals surface area contributed by atoms with Crippen LogP contribution in [0.3, 0.4) is 0 Å². The summed E-state index contributed by atoms with van der Waals surface area (Å²) in [6.45, 7) is 10.5. The van der Waals surface area contributed by atoms with E-state index in [-0.39, 0.29) is 5.41 Å². The number of allylic oxidation sites excluding steroid dienone is 1. The lowest BCUT2D eigenvalue weighted by Crippen LogP contribution is -2.24. The summed E-state index contributed by atoms with van der Waals surface area (Å²) in [5.74, 6) is 0.436. The number of phenolic OH excluding ortho intramolecular Hbond substituents is 1. The van der Waals surface area contributed by atoms with Gasteiger partial charge in [-0.3, -0.25) is 0 Å². The average Bonchev–Trinajstić information content (AvgIpc) is 2.44. The van der Waals surface area contributed by atoms with Crippen molar-refractivity contribution in [3.05, 3.63) is 42.0 Å². The van der Waals surface area contributed by atoms with Crippen molar-refractivity contribution < 1.29 is 5.11 Å². The molecule has 0 bridgehead atoms. The molecular weight excluding hydrogens is 232 g/mol. The van der Waals surface area contributed by atoms with Crippen LogP contribution in [0.5, 0.6) is 5.75 Å². The van der Waals surface area contributed by atoms with E-state index in [1.54, 1.807) is 0 Å². The minimum Gasteiger partial charge on any atom is -0.508 e. The molecule has 1 nitrogen and oxygen atoms in total. The average molecular weight is 260 g/mol. The number of benzene rings is 1. The first-order valence-corrected chi connectivity index (χ1v) is 7.56. The van der Waals surface area contributed by atoms with Gasteiger partial charge in [-0.2, -0.15) is 0 Å². The standard InChI is InChI=1S/C18H28O/c1-5-9-10-15-11-12-17(19)16(14-15)18(7-3,8-4)13-6-2/h6,11-12,14,19H,2,5,7-10,13H2,1,3-4H3. The van der Waals surface area contributed by atoms with Crippen LogP contribution in [0.15, 0.2) is 30.9 Å². The van der Waals surface area contributed by atoms with Crippen LogP contribution in [0.4, 0.5) is 0 Å². The lowest BCUT2D eigenvalue weighted by Gasteiger charge is -2.32. The topological polar surface area (TPSA) is 20.2 Å². The molecule has 0 saturated carbocycles. The summed E-state index contributed by atoms with van der Waals surface area (Å²) in [5, 5.41) is 10.3. The van der Waals surface area contributed by atoms with Crippen molar-refractivity contribution in [2.24, 2.45) is 0 Å². The van der Waals surface area contributed by atoms with Crippen LogP contribution >= 0.6 is 0 Å². The second-order valence-electron chi connectivity index (χ2n) is 5.44. The van der Waals surface area contributed by atoms with Crippen LogP contribution in [-0.2, 0) is 11.8 Å². The predicted octanol–water partition coefficient (Wildman–Crippen LogP) is 5.37. The van der Waals surface area contributed by atoms with E-state index in [0.29, 0.717) is 5.75 Å². The monoisotopic (exact) mass is 260 g/mol. The van der Waals surface area contributed by atoms with Crippen molar-refractivity contribution in [3.8, 4) is 5.75 Å². The third-order valence-electron chi connectivity index (χ3n) is 4.34. The van der Waals surface area contributed by atoms with E-state index in [9.17, 15) is 5.11 Å². The molecule has 0 amide bonds. The predicted molar refractivity (Wildman–Crippen MR) is 83.8 cm³/mol. The van der Waals surface area contributed by atoms with E-state index < -0.39 is 0 Å². The highest BCUT2D eigenvalue weighted by atomic mass is 16.3. The Morgan fingerprint density at radius 1 is 1.21 bits per heavy atom. The summed E-state index contributed by atoms with van der Waals surface area (Å²) in [6, 6.07) is 6.13. The van der Waals surface area contributed by atoms with Crippen LogP contribution in [0, 0.1) is 0 Å². The molecule has 1 aromatic carbocycles. The zero-order valence-electron chi connectivity index (χ0n) is 12.7. The minimum atomic E-state index is 0.0358. The van der Waals surface area contributed by atoms with E-state index in [4.69, 9.17) is 0 Å². The zero-order valence-corrected chi connectivity index (χ0v) is 12.7. The van der Waals surface area contributed by atoms with Crippen LogP contribution in [-0.4, -0.2) is 5.11 Å². The molecule has 106 valence electrons. The molecule has 0 fully saturated rings. The molecule has 1 N–H and O–H groups in total. The second kappa shape index (κ2) is 7.37. The fourth-order valence-electron chi connectivity index (χ4n) is 2.85. The number of hydrogen-bond donors (Lipinski definition) is 1. The summed E-state index contributed by atoms with van der Waals surface area (Å²) < 4.78 is 0. The van der Waals surface area contributed by atoms with Gasteiger partial charge < -0.3 is 5.11 Å². The normalized spacial score (nSPS) is 11.5. The van der Waals surface area contributed by atoms with Gasteiger partial charge in [0.2, 0.25) is 0 Å². The Hall–Kier alpha value is -1.24. The lowest BCUT2D eigenvalue weighted by atomic mass is 9.72. The van der Waals surface area contributed by atoms with Gasteiger partial charge in [0.25, 0.3) is 0 Å². The van der Waals surface area contributed by atoms with E-state index in [2.05, 4.69) is 39.5 Å². The third-order valence-corrected chi connectivity index (χ3v) is 4.34. The molecule has 0 aliphatic rings. The van der Waals surface area contributed by atoms with E-state index >= 15 is 0 Å². The van der Waals surface area contributed by atoms with Crippen LogP contribution in [0.2, 0.25) is 0 Å². The number of aryl methyl sites for hydroxylation is 1. The Morgan fingerprint density at radius 3 is 2.42 bits per heavy atom. The highest BCUT2D eigenvalue weighted by molar-refractivity contribution is 5.42. The van der Waals surface area contributed by atoms with Crippen molar-refractivity contribution >= 4 is 0 Å². The minimum absolute atomic E-state index is 0.0358. The lowest BCUT2D eigenvalue weighted by molar-refractivity contribution is 0.371. The Labute approximate surface area is 118 Å². The number of hydrogen-bond acceptors (Lipinski definition) is 1. The van der Waals surface area contributed by atoms with Gasteiger partial charge in [-0.1, -0.05) is 45.4 Å². The summed E-state index contributed by atoms with van der Waals surface area (Å²) in [6.07, 6.45) is 8.46. The maximum absolute atomic E-state index is 10.3. The SMILES string of the molecule is C=CCC(CC)(CC)c1cc(CCCC)ccc1O. The molecule has 0 aliphatic carbocycles. The van der Waals surface area contributed by atoms with E-state index in [1.165, 1.54) is 18.4 Å². The molecule has 0 aromatic heterocycles. The van der Waals surface area contributed by atoms with Crippen molar-refractivity contribution in [3.63, 3.8) is 0 Å². The smallest absolute Gasteiger partial charge is 0.119 e. The molecule has 0 unspecified atom stereocenters. The summed E-state index contributed by atoms with van der Waals surface area (Å²) in [4.78, 5) is 0. The first kappa shape index (κ1) is 15.8. The van der Waals surface area contributed by atoms with Gasteiger partial charge in [0.15, 0.2) is 0 Å². The van der Waals surface area contributed by atoms with Gasteiger partial charge in [0.1, 0.15) is 5.75 Å². The largest absolute Gasteiger partial charge is 0.508 e. The quantitative estimate of drug-likeness (QED) is 0.623. The maximum Gasteiger partial charge on any atom is 0.119 e. The molecule has 0 aliphatic heterocycles.